The van der Waals surface area contributed by atoms with Gasteiger partial charge in [-0.25, -0.2) is 0 Å². The van der Waals surface area contributed by atoms with E-state index in [4.69, 9.17) is 9.47 Å². The van der Waals surface area contributed by atoms with Gasteiger partial charge < -0.3 is 9.47 Å². The van der Waals surface area contributed by atoms with Crippen molar-refractivity contribution in [1.82, 2.24) is 0 Å². The lowest BCUT2D eigenvalue weighted by Crippen LogP contribution is -2.28. The summed E-state index contributed by atoms with van der Waals surface area (Å²) >= 11 is 0. The van der Waals surface area contributed by atoms with Crippen LogP contribution in [0.2, 0.25) is 0 Å². The Bertz CT molecular complexity index is 1000. The Balaban J connectivity index is 1.94. The minimum Gasteiger partial charge on any atom is -0.493 e. The third kappa shape index (κ3) is 4.91. The Hall–Kier alpha value is -3.06. The van der Waals surface area contributed by atoms with Crippen molar-refractivity contribution in [3.63, 3.8) is 0 Å². The molecule has 0 saturated carbocycles. The molecule has 0 fully saturated rings. The van der Waals surface area contributed by atoms with Crippen molar-refractivity contribution in [3.05, 3.63) is 64.2 Å². The molecule has 3 rings (SSSR count). The van der Waals surface area contributed by atoms with Gasteiger partial charge in [0.05, 0.1) is 25.7 Å². The van der Waals surface area contributed by atoms with Gasteiger partial charge in [0.2, 0.25) is 0 Å². The van der Waals surface area contributed by atoms with E-state index in [1.54, 1.807) is 0 Å². The highest BCUT2D eigenvalue weighted by atomic mass is 16.5. The smallest absolute Gasteiger partial charge is 0.309 e. The number of fused-ring (bicyclic) bond motifs is 1. The molecule has 0 aromatic heterocycles. The van der Waals surface area contributed by atoms with Crippen molar-refractivity contribution in [3.8, 4) is 17.6 Å². The van der Waals surface area contributed by atoms with Gasteiger partial charge in [0.15, 0.2) is 5.78 Å². The summed E-state index contributed by atoms with van der Waals surface area (Å²) in [5.74, 6) is 6.92. The van der Waals surface area contributed by atoms with E-state index in [2.05, 4.69) is 25.7 Å². The lowest BCUT2D eigenvalue weighted by atomic mass is 9.71. The van der Waals surface area contributed by atoms with E-state index in [-0.39, 0.29) is 23.6 Å². The maximum atomic E-state index is 12.6. The van der Waals surface area contributed by atoms with Crippen molar-refractivity contribution < 1.29 is 19.1 Å². The minimum absolute atomic E-state index is 0.0964. The summed E-state index contributed by atoms with van der Waals surface area (Å²) < 4.78 is 10.6. The highest BCUT2D eigenvalue weighted by Crippen LogP contribution is 2.41. The zero-order chi connectivity index (χ0) is 21.7. The highest BCUT2D eigenvalue weighted by Gasteiger charge is 2.34. The largest absolute Gasteiger partial charge is 0.493 e. The Kier molecular flexibility index (Phi) is 6.62. The predicted molar refractivity (Wildman–Crippen MR) is 117 cm³/mol. The Morgan fingerprint density at radius 3 is 2.47 bits per heavy atom. The molecule has 0 amide bonds. The molecular weight excluding hydrogens is 376 g/mol. The molecule has 0 spiro atoms. The second-order valence-electron chi connectivity index (χ2n) is 8.25. The van der Waals surface area contributed by atoms with Crippen molar-refractivity contribution in [1.29, 1.82) is 0 Å². The van der Waals surface area contributed by atoms with Crippen LogP contribution in [0.5, 0.6) is 5.75 Å². The van der Waals surface area contributed by atoms with Crippen molar-refractivity contribution in [2.24, 2.45) is 0 Å². The van der Waals surface area contributed by atoms with Gasteiger partial charge in [0.1, 0.15) is 5.75 Å². The molecule has 0 saturated heterocycles. The maximum Gasteiger partial charge on any atom is 0.309 e. The average Bonchev–Trinajstić information content (AvgIpc) is 2.74. The number of ether oxygens (including phenoxy) is 2. The SMILES string of the molecule is CCCOc1cc(C#Cc2ccc(CC(=O)OC)cc2)cc2c1C(=O)CCC2(C)C. The molecule has 0 radical (unpaired) electrons. The Morgan fingerprint density at radius 1 is 1.10 bits per heavy atom. The van der Waals surface area contributed by atoms with E-state index in [0.717, 1.165) is 40.7 Å². The topological polar surface area (TPSA) is 52.6 Å². The van der Waals surface area contributed by atoms with E-state index in [9.17, 15) is 9.59 Å². The number of methoxy groups -OCH3 is 1. The molecule has 0 aliphatic heterocycles. The van der Waals surface area contributed by atoms with Crippen LogP contribution >= 0.6 is 0 Å². The fourth-order valence-electron chi connectivity index (χ4n) is 3.61. The number of carbonyl (C=O) groups excluding carboxylic acids is 2. The van der Waals surface area contributed by atoms with Crippen LogP contribution in [-0.4, -0.2) is 25.5 Å². The van der Waals surface area contributed by atoms with Gasteiger partial charge in [-0.2, -0.15) is 0 Å². The number of carbonyl (C=O) groups is 2. The molecule has 1 aliphatic rings. The first-order valence-electron chi connectivity index (χ1n) is 10.4. The van der Waals surface area contributed by atoms with E-state index >= 15 is 0 Å². The number of Topliss-reactive ketones (excluding diaryl/α,β-unsaturated/α-hetero) is 1. The van der Waals surface area contributed by atoms with Crippen LogP contribution in [0, 0.1) is 11.8 Å². The fourth-order valence-corrected chi connectivity index (χ4v) is 3.61. The molecule has 2 aromatic rings. The number of hydrogen-bond donors (Lipinski definition) is 0. The average molecular weight is 405 g/mol. The quantitative estimate of drug-likeness (QED) is 0.528. The standard InChI is InChI=1S/C26H28O4/c1-5-14-30-23-16-20(15-21-25(23)22(27)12-13-26(21,2)3)11-8-18-6-9-19(10-7-18)17-24(28)29-4/h6-7,9-10,15-16H,5,12-14,17H2,1-4H3. The summed E-state index contributed by atoms with van der Waals surface area (Å²) in [7, 11) is 1.38. The lowest BCUT2D eigenvalue weighted by molar-refractivity contribution is -0.139. The van der Waals surface area contributed by atoms with E-state index in [0.29, 0.717) is 18.8 Å². The van der Waals surface area contributed by atoms with E-state index in [1.807, 2.05) is 43.3 Å². The molecule has 1 aliphatic carbocycles. The highest BCUT2D eigenvalue weighted by molar-refractivity contribution is 6.02. The third-order valence-electron chi connectivity index (χ3n) is 5.43. The first kappa shape index (κ1) is 21.6. The second kappa shape index (κ2) is 9.17. The molecule has 0 unspecified atom stereocenters. The molecule has 156 valence electrons. The number of rotatable bonds is 5. The summed E-state index contributed by atoms with van der Waals surface area (Å²) in [5, 5.41) is 0. The maximum absolute atomic E-state index is 12.6. The van der Waals surface area contributed by atoms with Crippen LogP contribution in [0.4, 0.5) is 0 Å². The number of ketones is 1. The summed E-state index contributed by atoms with van der Waals surface area (Å²) in [5.41, 5.74) is 4.22. The first-order valence-corrected chi connectivity index (χ1v) is 10.4. The van der Waals surface area contributed by atoms with E-state index in [1.165, 1.54) is 7.11 Å². The first-order chi connectivity index (χ1) is 14.3. The normalized spacial score (nSPS) is 14.3. The summed E-state index contributed by atoms with van der Waals surface area (Å²) in [6.07, 6.45) is 2.49. The van der Waals surface area contributed by atoms with Crippen molar-refractivity contribution in [2.45, 2.75) is 51.9 Å². The monoisotopic (exact) mass is 404 g/mol. The van der Waals surface area contributed by atoms with Gasteiger partial charge in [-0.05, 0) is 53.6 Å². The zero-order valence-corrected chi connectivity index (χ0v) is 18.1. The van der Waals surface area contributed by atoms with E-state index < -0.39 is 0 Å². The molecule has 4 heteroatoms. The van der Waals surface area contributed by atoms with Crippen LogP contribution in [0.3, 0.4) is 0 Å². The lowest BCUT2D eigenvalue weighted by Gasteiger charge is -2.33. The second-order valence-corrected chi connectivity index (χ2v) is 8.25. The predicted octanol–water partition coefficient (Wildman–Crippen LogP) is 4.84. The van der Waals surface area contributed by atoms with Crippen LogP contribution in [0.1, 0.15) is 72.6 Å². The van der Waals surface area contributed by atoms with Crippen LogP contribution in [0.25, 0.3) is 0 Å². The van der Waals surface area contributed by atoms with Crippen molar-refractivity contribution >= 4 is 11.8 Å². The molecule has 0 heterocycles. The molecule has 0 bridgehead atoms. The third-order valence-corrected chi connectivity index (χ3v) is 5.43. The Morgan fingerprint density at radius 2 is 1.80 bits per heavy atom. The molecule has 4 nitrogen and oxygen atoms in total. The van der Waals surface area contributed by atoms with Crippen molar-refractivity contribution in [2.75, 3.05) is 13.7 Å². The van der Waals surface area contributed by atoms with Gasteiger partial charge >= 0.3 is 5.97 Å². The minimum atomic E-state index is -0.264. The molecule has 0 N–H and O–H groups in total. The summed E-state index contributed by atoms with van der Waals surface area (Å²) in [6, 6.07) is 11.5. The van der Waals surface area contributed by atoms with Gasteiger partial charge in [-0.1, -0.05) is 44.7 Å². The molecule has 30 heavy (non-hydrogen) atoms. The van der Waals surface area contributed by atoms with Crippen LogP contribution < -0.4 is 4.74 Å². The number of benzene rings is 2. The van der Waals surface area contributed by atoms with Gasteiger partial charge in [0.25, 0.3) is 0 Å². The summed E-state index contributed by atoms with van der Waals surface area (Å²) in [6.45, 7) is 6.95. The van der Waals surface area contributed by atoms with Crippen LogP contribution in [-0.2, 0) is 21.4 Å². The van der Waals surface area contributed by atoms with Crippen LogP contribution in [0.15, 0.2) is 36.4 Å². The summed E-state index contributed by atoms with van der Waals surface area (Å²) in [4.78, 5) is 24.0. The number of esters is 1. The molecule has 0 atom stereocenters. The zero-order valence-electron chi connectivity index (χ0n) is 18.1. The number of hydrogen-bond acceptors (Lipinski definition) is 4. The van der Waals surface area contributed by atoms with Gasteiger partial charge in [-0.15, -0.1) is 0 Å². The Labute approximate surface area is 178 Å². The molecular formula is C26H28O4. The van der Waals surface area contributed by atoms with Gasteiger partial charge in [0, 0.05) is 17.5 Å². The van der Waals surface area contributed by atoms with Gasteiger partial charge in [-0.3, -0.25) is 9.59 Å². The fraction of sp³-hybridized carbons (Fsp3) is 0.385. The molecule has 2 aromatic carbocycles.